The Morgan fingerprint density at radius 3 is 2.82 bits per heavy atom. The molecular weight excluding hydrogens is 345 g/mol. The molecule has 1 aromatic carbocycles. The van der Waals surface area contributed by atoms with Gasteiger partial charge in [0.25, 0.3) is 0 Å². The minimum atomic E-state index is -0.425. The predicted octanol–water partition coefficient (Wildman–Crippen LogP) is 2.98. The molecule has 2 aromatic rings. The molecule has 0 spiro atoms. The quantitative estimate of drug-likeness (QED) is 0.632. The number of carbonyl (C=O) groups is 1. The first kappa shape index (κ1) is 16.9. The van der Waals surface area contributed by atoms with E-state index in [-0.39, 0.29) is 5.91 Å². The highest BCUT2D eigenvalue weighted by atomic mass is 35.5. The summed E-state index contributed by atoms with van der Waals surface area (Å²) in [4.78, 5) is 12.2. The van der Waals surface area contributed by atoms with E-state index in [2.05, 4.69) is 15.5 Å². The van der Waals surface area contributed by atoms with Crippen LogP contribution in [0.15, 0.2) is 23.4 Å². The van der Waals surface area contributed by atoms with Gasteiger partial charge in [0.2, 0.25) is 11.1 Å². The zero-order valence-corrected chi connectivity index (χ0v) is 14.3. The lowest BCUT2D eigenvalue weighted by Crippen LogP contribution is -2.24. The summed E-state index contributed by atoms with van der Waals surface area (Å²) in [5, 5.41) is 11.6. The van der Waals surface area contributed by atoms with E-state index in [1.165, 1.54) is 16.4 Å². The maximum Gasteiger partial charge on any atom is 0.237 e. The van der Waals surface area contributed by atoms with Crippen LogP contribution in [0.4, 0.5) is 5.69 Å². The van der Waals surface area contributed by atoms with Crippen LogP contribution in [0.5, 0.6) is 0 Å². The molecule has 0 radical (unpaired) electrons. The molecule has 3 N–H and O–H groups in total. The van der Waals surface area contributed by atoms with E-state index < -0.39 is 5.25 Å². The largest absolute Gasteiger partial charge is 0.336 e. The van der Waals surface area contributed by atoms with Gasteiger partial charge in [-0.1, -0.05) is 41.9 Å². The van der Waals surface area contributed by atoms with Crippen LogP contribution < -0.4 is 11.2 Å². The molecule has 0 bridgehead atoms. The van der Waals surface area contributed by atoms with Gasteiger partial charge in [-0.15, -0.1) is 10.2 Å². The van der Waals surface area contributed by atoms with E-state index in [1.807, 2.05) is 6.92 Å². The summed E-state index contributed by atoms with van der Waals surface area (Å²) in [5.41, 5.74) is 0.468. The van der Waals surface area contributed by atoms with Crippen molar-refractivity contribution in [2.75, 3.05) is 11.2 Å². The minimum Gasteiger partial charge on any atom is -0.336 e. The van der Waals surface area contributed by atoms with Crippen LogP contribution >= 0.6 is 35.0 Å². The fraction of sp³-hybridized carbons (Fsp3) is 0.308. The number of amides is 1. The lowest BCUT2D eigenvalue weighted by atomic mass is 10.3. The average molecular weight is 360 g/mol. The van der Waals surface area contributed by atoms with Crippen molar-refractivity contribution in [1.82, 2.24) is 14.9 Å². The second-order valence-corrected chi connectivity index (χ2v) is 6.65. The molecule has 0 fully saturated rings. The van der Waals surface area contributed by atoms with Gasteiger partial charge in [-0.25, -0.2) is 4.68 Å². The number of aromatic nitrogens is 3. The molecule has 118 valence electrons. The van der Waals surface area contributed by atoms with Gasteiger partial charge in [0.05, 0.1) is 16.0 Å². The molecule has 1 atom stereocenters. The van der Waals surface area contributed by atoms with Gasteiger partial charge in [0.1, 0.15) is 0 Å². The SMILES string of the molecule is CCc1nnc(SC(C)C(=O)Nc2cc(Cl)ccc2Cl)n1N. The zero-order valence-electron chi connectivity index (χ0n) is 12.0. The van der Waals surface area contributed by atoms with E-state index in [4.69, 9.17) is 29.0 Å². The first-order valence-electron chi connectivity index (χ1n) is 6.54. The predicted molar refractivity (Wildman–Crippen MR) is 90.0 cm³/mol. The molecule has 1 amide bonds. The Labute approximate surface area is 142 Å². The Morgan fingerprint density at radius 2 is 2.18 bits per heavy atom. The monoisotopic (exact) mass is 359 g/mol. The molecule has 6 nitrogen and oxygen atoms in total. The summed E-state index contributed by atoms with van der Waals surface area (Å²) in [6.07, 6.45) is 0.669. The number of rotatable bonds is 5. The van der Waals surface area contributed by atoms with Gasteiger partial charge in [-0.05, 0) is 25.1 Å². The number of thioether (sulfide) groups is 1. The summed E-state index contributed by atoms with van der Waals surface area (Å²) >= 11 is 13.1. The van der Waals surface area contributed by atoms with E-state index in [1.54, 1.807) is 25.1 Å². The number of carbonyl (C=O) groups excluding carboxylic acids is 1. The zero-order chi connectivity index (χ0) is 16.3. The smallest absolute Gasteiger partial charge is 0.237 e. The third kappa shape index (κ3) is 3.85. The third-order valence-corrected chi connectivity index (χ3v) is 4.51. The molecule has 0 aliphatic carbocycles. The highest BCUT2D eigenvalue weighted by molar-refractivity contribution is 8.00. The average Bonchev–Trinajstić information content (AvgIpc) is 2.83. The van der Waals surface area contributed by atoms with E-state index >= 15 is 0 Å². The van der Waals surface area contributed by atoms with E-state index in [9.17, 15) is 4.79 Å². The fourth-order valence-electron chi connectivity index (χ4n) is 1.67. The summed E-state index contributed by atoms with van der Waals surface area (Å²) in [6.45, 7) is 3.68. The normalized spacial score (nSPS) is 12.2. The number of nitrogens with two attached hydrogens (primary N) is 1. The van der Waals surface area contributed by atoms with Crippen molar-refractivity contribution < 1.29 is 4.79 Å². The number of hydrogen-bond acceptors (Lipinski definition) is 5. The van der Waals surface area contributed by atoms with Gasteiger partial charge < -0.3 is 11.2 Å². The van der Waals surface area contributed by atoms with Crippen LogP contribution in [0.25, 0.3) is 0 Å². The first-order valence-corrected chi connectivity index (χ1v) is 8.17. The maximum absolute atomic E-state index is 12.2. The molecule has 0 aliphatic heterocycles. The van der Waals surface area contributed by atoms with Gasteiger partial charge in [-0.2, -0.15) is 0 Å². The Hall–Kier alpha value is -1.44. The molecule has 0 saturated carbocycles. The van der Waals surface area contributed by atoms with Gasteiger partial charge in [-0.3, -0.25) is 4.79 Å². The van der Waals surface area contributed by atoms with Crippen molar-refractivity contribution in [3.63, 3.8) is 0 Å². The van der Waals surface area contributed by atoms with Gasteiger partial charge >= 0.3 is 0 Å². The number of hydrogen-bond donors (Lipinski definition) is 2. The van der Waals surface area contributed by atoms with Crippen LogP contribution in [0.1, 0.15) is 19.7 Å². The number of benzene rings is 1. The van der Waals surface area contributed by atoms with Crippen molar-refractivity contribution in [3.05, 3.63) is 34.1 Å². The number of anilines is 1. The second kappa shape index (κ2) is 7.21. The second-order valence-electron chi connectivity index (χ2n) is 4.50. The van der Waals surface area contributed by atoms with E-state index in [0.29, 0.717) is 33.1 Å². The molecule has 2 rings (SSSR count). The van der Waals surface area contributed by atoms with Crippen molar-refractivity contribution in [2.45, 2.75) is 30.7 Å². The van der Waals surface area contributed by atoms with Gasteiger partial charge in [0, 0.05) is 11.4 Å². The van der Waals surface area contributed by atoms with Crippen LogP contribution in [0.3, 0.4) is 0 Å². The molecule has 0 aliphatic rings. The molecule has 1 heterocycles. The van der Waals surface area contributed by atoms with Crippen LogP contribution in [-0.2, 0) is 11.2 Å². The summed E-state index contributed by atoms with van der Waals surface area (Å²) in [5.74, 6) is 6.29. The molecule has 1 aromatic heterocycles. The van der Waals surface area contributed by atoms with Crippen molar-refractivity contribution >= 4 is 46.6 Å². The summed E-state index contributed by atoms with van der Waals surface area (Å²) in [6, 6.07) is 4.88. The van der Waals surface area contributed by atoms with Crippen molar-refractivity contribution in [1.29, 1.82) is 0 Å². The molecule has 1 unspecified atom stereocenters. The number of nitrogens with zero attached hydrogens (tertiary/aromatic N) is 3. The van der Waals surface area contributed by atoms with Crippen LogP contribution in [-0.4, -0.2) is 26.0 Å². The van der Waals surface area contributed by atoms with E-state index in [0.717, 1.165) is 0 Å². The number of nitrogens with one attached hydrogen (secondary N) is 1. The maximum atomic E-state index is 12.2. The van der Waals surface area contributed by atoms with Crippen LogP contribution in [0, 0.1) is 0 Å². The van der Waals surface area contributed by atoms with Crippen molar-refractivity contribution in [3.8, 4) is 0 Å². The minimum absolute atomic E-state index is 0.227. The molecule has 9 heteroatoms. The summed E-state index contributed by atoms with van der Waals surface area (Å²) in [7, 11) is 0. The topological polar surface area (TPSA) is 85.8 Å². The molecule has 0 saturated heterocycles. The Bertz CT molecular complexity index is 691. The number of nitrogen functional groups attached to an aromatic ring is 1. The highest BCUT2D eigenvalue weighted by Crippen LogP contribution is 2.27. The van der Waals surface area contributed by atoms with Crippen LogP contribution in [0.2, 0.25) is 10.0 Å². The number of aryl methyl sites for hydroxylation is 1. The molecule has 22 heavy (non-hydrogen) atoms. The highest BCUT2D eigenvalue weighted by Gasteiger charge is 2.19. The summed E-state index contributed by atoms with van der Waals surface area (Å²) < 4.78 is 1.39. The fourth-order valence-corrected chi connectivity index (χ4v) is 2.79. The Morgan fingerprint density at radius 1 is 1.45 bits per heavy atom. The standard InChI is InChI=1S/C13H15Cl2N5OS/c1-3-11-18-19-13(20(11)16)22-7(2)12(21)17-10-6-8(14)4-5-9(10)15/h4-7H,3,16H2,1-2H3,(H,17,21). The van der Waals surface area contributed by atoms with Gasteiger partial charge in [0.15, 0.2) is 5.82 Å². The lowest BCUT2D eigenvalue weighted by Gasteiger charge is -2.12. The third-order valence-electron chi connectivity index (χ3n) is 2.89. The lowest BCUT2D eigenvalue weighted by molar-refractivity contribution is -0.115. The Kier molecular flexibility index (Phi) is 5.55. The van der Waals surface area contributed by atoms with Crippen molar-refractivity contribution in [2.24, 2.45) is 0 Å². The first-order chi connectivity index (χ1) is 10.4. The number of halogens is 2. The molecular formula is C13H15Cl2N5OS. The Balaban J connectivity index is 2.06.